The summed E-state index contributed by atoms with van der Waals surface area (Å²) in [4.78, 5) is 15.7. The number of rotatable bonds is 5. The zero-order chi connectivity index (χ0) is 19.3. The minimum atomic E-state index is -0.263. The number of nitrogens with one attached hydrogen (secondary N) is 1. The van der Waals surface area contributed by atoms with Crippen LogP contribution in [-0.4, -0.2) is 30.5 Å². The molecule has 0 spiro atoms. The van der Waals surface area contributed by atoms with Gasteiger partial charge in [-0.15, -0.1) is 0 Å². The van der Waals surface area contributed by atoms with E-state index in [0.717, 1.165) is 43.7 Å². The van der Waals surface area contributed by atoms with Crippen molar-refractivity contribution in [2.24, 2.45) is 0 Å². The molecule has 1 fully saturated rings. The second-order valence-corrected chi connectivity index (χ2v) is 8.01. The van der Waals surface area contributed by atoms with Crippen LogP contribution in [0, 0.1) is 0 Å². The molecule has 1 N–H and O–H groups in total. The van der Waals surface area contributed by atoms with Crippen LogP contribution < -0.4 is 10.1 Å². The Labute approximate surface area is 167 Å². The predicted octanol–water partition coefficient (Wildman–Crippen LogP) is 4.24. The zero-order valence-corrected chi connectivity index (χ0v) is 16.7. The van der Waals surface area contributed by atoms with E-state index in [2.05, 4.69) is 34.5 Å². The first-order valence-electron chi connectivity index (χ1n) is 10.5. The Morgan fingerprint density at radius 3 is 2.46 bits per heavy atom. The standard InChI is InChI=1S/C24H30N2O2/c1-28-22-13-11-19(12-14-22)23(24(27)25-21-9-3-2-4-10-21)26-16-15-18-7-5-6-8-20(18)17-26/h5-8,11-14,21,23H,2-4,9-10,15-17H2,1H3,(H,25,27). The maximum absolute atomic E-state index is 13.4. The summed E-state index contributed by atoms with van der Waals surface area (Å²) in [5.74, 6) is 0.954. The van der Waals surface area contributed by atoms with E-state index in [0.29, 0.717) is 6.04 Å². The lowest BCUT2D eigenvalue weighted by Gasteiger charge is -2.36. The number of carbonyl (C=O) groups excluding carboxylic acids is 1. The summed E-state index contributed by atoms with van der Waals surface area (Å²) in [5.41, 5.74) is 3.77. The maximum Gasteiger partial charge on any atom is 0.242 e. The number of benzene rings is 2. The number of ether oxygens (including phenoxy) is 1. The van der Waals surface area contributed by atoms with E-state index < -0.39 is 0 Å². The van der Waals surface area contributed by atoms with Crippen LogP contribution in [0.3, 0.4) is 0 Å². The van der Waals surface area contributed by atoms with Crippen LogP contribution in [0.25, 0.3) is 0 Å². The van der Waals surface area contributed by atoms with Gasteiger partial charge in [-0.3, -0.25) is 9.69 Å². The summed E-state index contributed by atoms with van der Waals surface area (Å²) < 4.78 is 5.31. The summed E-state index contributed by atoms with van der Waals surface area (Å²) in [5, 5.41) is 3.36. The molecular weight excluding hydrogens is 348 g/mol. The molecule has 1 atom stereocenters. The molecule has 1 saturated carbocycles. The van der Waals surface area contributed by atoms with Crippen molar-refractivity contribution in [3.8, 4) is 5.75 Å². The van der Waals surface area contributed by atoms with Crippen molar-refractivity contribution >= 4 is 5.91 Å². The quantitative estimate of drug-likeness (QED) is 0.846. The van der Waals surface area contributed by atoms with Crippen LogP contribution in [-0.2, 0) is 17.8 Å². The summed E-state index contributed by atoms with van der Waals surface area (Å²) in [6.07, 6.45) is 6.91. The van der Waals surface area contributed by atoms with E-state index in [1.807, 2.05) is 24.3 Å². The van der Waals surface area contributed by atoms with E-state index in [1.165, 1.54) is 30.4 Å². The van der Waals surface area contributed by atoms with Crippen LogP contribution in [0.5, 0.6) is 5.75 Å². The van der Waals surface area contributed by atoms with Gasteiger partial charge >= 0.3 is 0 Å². The number of hydrogen-bond donors (Lipinski definition) is 1. The molecule has 1 amide bonds. The summed E-state index contributed by atoms with van der Waals surface area (Å²) in [6, 6.07) is 16.6. The van der Waals surface area contributed by atoms with Gasteiger partial charge < -0.3 is 10.1 Å². The van der Waals surface area contributed by atoms with Crippen molar-refractivity contribution in [2.75, 3.05) is 13.7 Å². The van der Waals surface area contributed by atoms with Crippen molar-refractivity contribution in [1.82, 2.24) is 10.2 Å². The van der Waals surface area contributed by atoms with Gasteiger partial charge in [0.2, 0.25) is 5.91 Å². The largest absolute Gasteiger partial charge is 0.497 e. The average Bonchev–Trinajstić information content (AvgIpc) is 2.75. The van der Waals surface area contributed by atoms with Crippen molar-refractivity contribution in [1.29, 1.82) is 0 Å². The van der Waals surface area contributed by atoms with Crippen molar-refractivity contribution in [3.05, 3.63) is 65.2 Å². The normalized spacial score (nSPS) is 18.9. The summed E-state index contributed by atoms with van der Waals surface area (Å²) >= 11 is 0. The second-order valence-electron chi connectivity index (χ2n) is 8.01. The second kappa shape index (κ2) is 8.78. The molecule has 4 nitrogen and oxygen atoms in total. The minimum Gasteiger partial charge on any atom is -0.497 e. The third kappa shape index (κ3) is 4.22. The third-order valence-corrected chi connectivity index (χ3v) is 6.16. The van der Waals surface area contributed by atoms with Gasteiger partial charge in [0.05, 0.1) is 7.11 Å². The van der Waals surface area contributed by atoms with Crippen molar-refractivity contribution in [2.45, 2.75) is 57.2 Å². The van der Waals surface area contributed by atoms with Crippen LogP contribution in [0.4, 0.5) is 0 Å². The molecule has 28 heavy (non-hydrogen) atoms. The maximum atomic E-state index is 13.4. The first-order chi connectivity index (χ1) is 13.7. The molecule has 2 aromatic rings. The number of methoxy groups -OCH3 is 1. The topological polar surface area (TPSA) is 41.6 Å². The molecule has 4 heteroatoms. The fraction of sp³-hybridized carbons (Fsp3) is 0.458. The molecular formula is C24H30N2O2. The molecule has 0 radical (unpaired) electrons. The molecule has 1 heterocycles. The van der Waals surface area contributed by atoms with Crippen molar-refractivity contribution in [3.63, 3.8) is 0 Å². The van der Waals surface area contributed by atoms with Gasteiger partial charge in [-0.25, -0.2) is 0 Å². The first-order valence-corrected chi connectivity index (χ1v) is 10.5. The predicted molar refractivity (Wildman–Crippen MR) is 111 cm³/mol. The lowest BCUT2D eigenvalue weighted by molar-refractivity contribution is -0.128. The molecule has 0 saturated heterocycles. The van der Waals surface area contributed by atoms with Gasteiger partial charge in [-0.05, 0) is 48.1 Å². The third-order valence-electron chi connectivity index (χ3n) is 6.16. The van der Waals surface area contributed by atoms with Gasteiger partial charge in [-0.2, -0.15) is 0 Å². The average molecular weight is 379 g/mol. The number of amides is 1. The molecule has 0 bridgehead atoms. The minimum absolute atomic E-state index is 0.136. The molecule has 1 unspecified atom stereocenters. The van der Waals surface area contributed by atoms with E-state index in [-0.39, 0.29) is 11.9 Å². The molecule has 1 aliphatic heterocycles. The number of carbonyl (C=O) groups is 1. The SMILES string of the molecule is COc1ccc(C(C(=O)NC2CCCCC2)N2CCc3ccccc3C2)cc1. The highest BCUT2D eigenvalue weighted by atomic mass is 16.5. The zero-order valence-electron chi connectivity index (χ0n) is 16.7. The fourth-order valence-electron chi connectivity index (χ4n) is 4.58. The van der Waals surface area contributed by atoms with Crippen molar-refractivity contribution < 1.29 is 9.53 Å². The monoisotopic (exact) mass is 378 g/mol. The van der Waals surface area contributed by atoms with E-state index in [9.17, 15) is 4.79 Å². The Morgan fingerprint density at radius 1 is 1.04 bits per heavy atom. The summed E-state index contributed by atoms with van der Waals surface area (Å²) in [6.45, 7) is 1.71. The lowest BCUT2D eigenvalue weighted by Crippen LogP contribution is -2.46. The van der Waals surface area contributed by atoms with E-state index >= 15 is 0 Å². The Kier molecular flexibility index (Phi) is 5.96. The highest BCUT2D eigenvalue weighted by Gasteiger charge is 2.31. The highest BCUT2D eigenvalue weighted by Crippen LogP contribution is 2.30. The van der Waals surface area contributed by atoms with E-state index in [1.54, 1.807) is 7.11 Å². The van der Waals surface area contributed by atoms with Gasteiger partial charge in [0.1, 0.15) is 11.8 Å². The van der Waals surface area contributed by atoms with E-state index in [4.69, 9.17) is 4.74 Å². The smallest absolute Gasteiger partial charge is 0.242 e. The summed E-state index contributed by atoms with van der Waals surface area (Å²) in [7, 11) is 1.67. The van der Waals surface area contributed by atoms with Crippen LogP contribution in [0.15, 0.2) is 48.5 Å². The molecule has 2 aliphatic rings. The first kappa shape index (κ1) is 19.0. The highest BCUT2D eigenvalue weighted by molar-refractivity contribution is 5.83. The van der Waals surface area contributed by atoms with Crippen LogP contribution in [0.2, 0.25) is 0 Å². The number of hydrogen-bond acceptors (Lipinski definition) is 3. The molecule has 1 aliphatic carbocycles. The Balaban J connectivity index is 1.58. The molecule has 148 valence electrons. The lowest BCUT2D eigenvalue weighted by atomic mass is 9.93. The Morgan fingerprint density at radius 2 is 1.75 bits per heavy atom. The van der Waals surface area contributed by atoms with Crippen LogP contribution >= 0.6 is 0 Å². The van der Waals surface area contributed by atoms with Gasteiger partial charge in [0.25, 0.3) is 0 Å². The molecule has 4 rings (SSSR count). The van der Waals surface area contributed by atoms with Gasteiger partial charge in [-0.1, -0.05) is 55.7 Å². The van der Waals surface area contributed by atoms with Crippen LogP contribution in [0.1, 0.15) is 54.8 Å². The number of fused-ring (bicyclic) bond motifs is 1. The van der Waals surface area contributed by atoms with Gasteiger partial charge in [0, 0.05) is 19.1 Å². The number of nitrogens with zero attached hydrogens (tertiary/aromatic N) is 1. The fourth-order valence-corrected chi connectivity index (χ4v) is 4.58. The van der Waals surface area contributed by atoms with Gasteiger partial charge in [0.15, 0.2) is 0 Å². The molecule has 2 aromatic carbocycles. The Bertz CT molecular complexity index is 797. The Hall–Kier alpha value is -2.33. The molecule has 0 aromatic heterocycles.